The third-order valence-electron chi connectivity index (χ3n) is 7.34. The fourth-order valence-electron chi connectivity index (χ4n) is 4.51. The van der Waals surface area contributed by atoms with Crippen LogP contribution in [0.4, 0.5) is 32.2 Å². The van der Waals surface area contributed by atoms with Crippen LogP contribution in [0.15, 0.2) is 30.7 Å². The van der Waals surface area contributed by atoms with Crippen LogP contribution in [0.5, 0.6) is 5.75 Å². The minimum atomic E-state index is -5.08. The predicted molar refractivity (Wildman–Crippen MR) is 171 cm³/mol. The molecule has 1 amide bonds. The number of rotatable bonds is 7. The Balaban J connectivity index is 0.000000424. The van der Waals surface area contributed by atoms with Crippen LogP contribution >= 0.6 is 11.6 Å². The van der Waals surface area contributed by atoms with E-state index in [1.165, 1.54) is 11.2 Å². The monoisotopic (exact) mass is 747 g/mol. The third kappa shape index (κ3) is 9.95. The minimum absolute atomic E-state index is 0.156. The molecule has 0 aliphatic heterocycles. The molecule has 5 rings (SSSR count). The Morgan fingerprint density at radius 3 is 2.08 bits per heavy atom. The normalized spacial score (nSPS) is 13.3. The topological polar surface area (TPSA) is 187 Å². The van der Waals surface area contributed by atoms with Gasteiger partial charge in [0.15, 0.2) is 5.65 Å². The maximum atomic E-state index is 12.4. The van der Waals surface area contributed by atoms with E-state index in [-0.39, 0.29) is 11.9 Å². The highest BCUT2D eigenvalue weighted by Crippen LogP contribution is 2.44. The smallest absolute Gasteiger partial charge is 0.490 e. The van der Waals surface area contributed by atoms with Gasteiger partial charge in [-0.3, -0.25) is 9.78 Å². The Morgan fingerprint density at radius 1 is 1.04 bits per heavy atom. The highest BCUT2D eigenvalue weighted by Gasteiger charge is 2.39. The number of halogens is 7. The number of carboxylic acid groups (broad SMARTS) is 2. The molecule has 0 bridgehead atoms. The van der Waals surface area contributed by atoms with Gasteiger partial charge in [-0.1, -0.05) is 17.7 Å². The van der Waals surface area contributed by atoms with Gasteiger partial charge in [0.25, 0.3) is 5.91 Å². The molecular formula is C31H32ClF6N7O6. The van der Waals surface area contributed by atoms with Crippen LogP contribution in [0.2, 0.25) is 5.02 Å². The number of fused-ring (bicyclic) bond motifs is 1. The van der Waals surface area contributed by atoms with E-state index in [4.69, 9.17) is 47.0 Å². The predicted octanol–water partition coefficient (Wildman–Crippen LogP) is 6.11. The number of aliphatic carboxylic acids is 2. The first-order valence-electron chi connectivity index (χ1n) is 14.8. The zero-order valence-corrected chi connectivity index (χ0v) is 28.4. The molecule has 51 heavy (non-hydrogen) atoms. The van der Waals surface area contributed by atoms with E-state index in [0.29, 0.717) is 34.7 Å². The summed E-state index contributed by atoms with van der Waals surface area (Å²) in [5.41, 5.74) is 11.3. The van der Waals surface area contributed by atoms with E-state index >= 15 is 0 Å². The fraction of sp³-hybridized carbons (Fsp3) is 0.387. The number of hydrogen-bond donors (Lipinski definition) is 3. The van der Waals surface area contributed by atoms with Gasteiger partial charge >= 0.3 is 24.3 Å². The van der Waals surface area contributed by atoms with Gasteiger partial charge in [0.1, 0.15) is 23.6 Å². The van der Waals surface area contributed by atoms with E-state index in [2.05, 4.69) is 15.0 Å². The molecule has 0 radical (unpaired) electrons. The maximum Gasteiger partial charge on any atom is 0.490 e. The number of aryl methyl sites for hydroxylation is 1. The Hall–Kier alpha value is -5.20. The number of benzene rings is 1. The number of pyridine rings is 1. The molecule has 13 nitrogen and oxygen atoms in total. The number of nitrogen functional groups attached to an aromatic ring is 1. The van der Waals surface area contributed by atoms with Gasteiger partial charge in [0, 0.05) is 42.0 Å². The first kappa shape index (κ1) is 40.2. The van der Waals surface area contributed by atoms with Crippen molar-refractivity contribution in [1.29, 1.82) is 0 Å². The van der Waals surface area contributed by atoms with Crippen molar-refractivity contribution >= 4 is 46.3 Å². The van der Waals surface area contributed by atoms with E-state index in [9.17, 15) is 31.1 Å². The Bertz CT molecular complexity index is 1890. The number of amides is 1. The largest absolute Gasteiger partial charge is 0.492 e. The molecule has 1 unspecified atom stereocenters. The summed E-state index contributed by atoms with van der Waals surface area (Å²) < 4.78 is 71.8. The molecule has 3 aromatic heterocycles. The highest BCUT2D eigenvalue weighted by molar-refractivity contribution is 6.32. The zero-order chi connectivity index (χ0) is 38.6. The molecule has 1 aliphatic carbocycles. The Labute approximate surface area is 291 Å². The zero-order valence-electron chi connectivity index (χ0n) is 27.6. The maximum absolute atomic E-state index is 12.4. The average molecular weight is 748 g/mol. The number of carbonyl (C=O) groups is 3. The van der Waals surface area contributed by atoms with Crippen LogP contribution < -0.4 is 10.5 Å². The van der Waals surface area contributed by atoms with Crippen molar-refractivity contribution in [2.45, 2.75) is 52.0 Å². The van der Waals surface area contributed by atoms with E-state index in [1.54, 1.807) is 26.4 Å². The molecule has 1 atom stereocenters. The standard InChI is InChI=1S/C27H30ClN7O2.2C2HF3O2/c1-14-20(28)10-19(16(3)35-26-23(15(2)33-35)25(29)31-13-32-26)24(37-12-17-6-7-17)22(14)18-8-9-21(30-11-18)27(36)34(4)5;2*3-2(4,5)1(6)7/h8-11,13,16-17H,6-7,12H2,1-5H3,(H2,29,31,32);2*(H,6,7). The van der Waals surface area contributed by atoms with Crippen molar-refractivity contribution < 1.29 is 55.7 Å². The Kier molecular flexibility index (Phi) is 12.4. The van der Waals surface area contributed by atoms with Crippen LogP contribution in [0.25, 0.3) is 22.2 Å². The minimum Gasteiger partial charge on any atom is -0.492 e. The number of ether oxygens (including phenoxy) is 1. The van der Waals surface area contributed by atoms with Crippen molar-refractivity contribution in [2.24, 2.45) is 5.92 Å². The van der Waals surface area contributed by atoms with Crippen molar-refractivity contribution in [3.05, 3.63) is 58.3 Å². The number of carbonyl (C=O) groups excluding carboxylic acids is 1. The average Bonchev–Trinajstić information content (AvgIpc) is 3.81. The molecule has 1 fully saturated rings. The first-order chi connectivity index (χ1) is 23.6. The molecule has 4 N–H and O–H groups in total. The van der Waals surface area contributed by atoms with Crippen LogP contribution in [0.3, 0.4) is 0 Å². The number of hydrogen-bond acceptors (Lipinski definition) is 9. The molecule has 4 aromatic rings. The molecule has 276 valence electrons. The van der Waals surface area contributed by atoms with Gasteiger partial charge in [-0.15, -0.1) is 0 Å². The number of alkyl halides is 6. The second-order valence-corrected chi connectivity index (χ2v) is 11.8. The molecule has 0 spiro atoms. The van der Waals surface area contributed by atoms with Crippen LogP contribution in [-0.2, 0) is 9.59 Å². The number of anilines is 1. The Morgan fingerprint density at radius 2 is 1.61 bits per heavy atom. The second kappa shape index (κ2) is 15.8. The summed E-state index contributed by atoms with van der Waals surface area (Å²) in [5.74, 6) is -3.99. The van der Waals surface area contributed by atoms with Crippen LogP contribution in [0, 0.1) is 19.8 Å². The van der Waals surface area contributed by atoms with Gasteiger partial charge in [-0.05, 0) is 57.2 Å². The van der Waals surface area contributed by atoms with Gasteiger partial charge < -0.3 is 25.6 Å². The molecule has 1 aliphatic rings. The number of aromatic nitrogens is 5. The van der Waals surface area contributed by atoms with E-state index in [0.717, 1.165) is 51.9 Å². The fourth-order valence-corrected chi connectivity index (χ4v) is 4.72. The van der Waals surface area contributed by atoms with Crippen molar-refractivity contribution in [3.63, 3.8) is 0 Å². The molecular weight excluding hydrogens is 716 g/mol. The molecule has 1 saturated carbocycles. The SMILES string of the molecule is Cc1c(Cl)cc(C(C)n2nc(C)c3c(N)ncnc32)c(OCC2CC2)c1-c1ccc(C(=O)N(C)C)nc1.O=C(O)C(F)(F)F.O=C(O)C(F)(F)F. The summed E-state index contributed by atoms with van der Waals surface area (Å²) in [7, 11) is 3.41. The molecule has 1 aromatic carbocycles. The lowest BCUT2D eigenvalue weighted by atomic mass is 9.94. The second-order valence-electron chi connectivity index (χ2n) is 11.4. The van der Waals surface area contributed by atoms with Crippen LogP contribution in [-0.4, -0.2) is 90.7 Å². The van der Waals surface area contributed by atoms with Crippen molar-refractivity contribution in [2.75, 3.05) is 26.4 Å². The summed E-state index contributed by atoms with van der Waals surface area (Å²) in [4.78, 5) is 44.7. The lowest BCUT2D eigenvalue weighted by Gasteiger charge is -2.23. The van der Waals surface area contributed by atoms with Gasteiger partial charge in [0.2, 0.25) is 0 Å². The van der Waals surface area contributed by atoms with Crippen molar-refractivity contribution in [3.8, 4) is 16.9 Å². The van der Waals surface area contributed by atoms with E-state index < -0.39 is 24.3 Å². The number of nitrogens with zero attached hydrogens (tertiary/aromatic N) is 6. The quantitative estimate of drug-likeness (QED) is 0.185. The summed E-state index contributed by atoms with van der Waals surface area (Å²) in [5, 5.41) is 20.3. The lowest BCUT2D eigenvalue weighted by molar-refractivity contribution is -0.193. The van der Waals surface area contributed by atoms with Gasteiger partial charge in [0.05, 0.1) is 23.7 Å². The van der Waals surface area contributed by atoms with Gasteiger partial charge in [-0.2, -0.15) is 31.4 Å². The summed E-state index contributed by atoms with van der Waals surface area (Å²) in [6, 6.07) is 5.30. The third-order valence-corrected chi connectivity index (χ3v) is 7.73. The van der Waals surface area contributed by atoms with E-state index in [1.807, 2.05) is 37.6 Å². The molecule has 3 heterocycles. The lowest BCUT2D eigenvalue weighted by Crippen LogP contribution is -2.22. The number of carboxylic acids is 2. The molecule has 20 heteroatoms. The molecule has 0 saturated heterocycles. The van der Waals surface area contributed by atoms with Crippen LogP contribution in [0.1, 0.15) is 53.1 Å². The number of nitrogens with two attached hydrogens (primary N) is 1. The summed E-state index contributed by atoms with van der Waals surface area (Å²) >= 11 is 6.81. The van der Waals surface area contributed by atoms with Crippen molar-refractivity contribution in [1.82, 2.24) is 29.6 Å². The van der Waals surface area contributed by atoms with Gasteiger partial charge in [-0.25, -0.2) is 24.2 Å². The highest BCUT2D eigenvalue weighted by atomic mass is 35.5. The summed E-state index contributed by atoms with van der Waals surface area (Å²) in [6.45, 7) is 6.52. The summed E-state index contributed by atoms with van der Waals surface area (Å²) in [6.07, 6.45) is -4.69. The first-order valence-corrected chi connectivity index (χ1v) is 15.1.